The van der Waals surface area contributed by atoms with Gasteiger partial charge in [-0.3, -0.25) is 4.79 Å². The Morgan fingerprint density at radius 1 is 0.900 bits per heavy atom. The van der Waals surface area contributed by atoms with Crippen molar-refractivity contribution in [3.63, 3.8) is 0 Å². The van der Waals surface area contributed by atoms with Crippen LogP contribution in [0, 0.1) is 27.7 Å². The Kier molecular flexibility index (Phi) is 4.23. The summed E-state index contributed by atoms with van der Waals surface area (Å²) < 4.78 is 5.93. The fourth-order valence-electron chi connectivity index (χ4n) is 2.33. The number of aryl methyl sites for hydroxylation is 4. The maximum atomic E-state index is 10.8. The van der Waals surface area contributed by atoms with Crippen LogP contribution in [0.4, 0.5) is 0 Å². The van der Waals surface area contributed by atoms with Crippen LogP contribution in [0.1, 0.15) is 38.2 Å². The normalized spacial score (nSPS) is 10.4. The first-order valence-corrected chi connectivity index (χ1v) is 6.76. The molecule has 0 spiro atoms. The zero-order valence-electron chi connectivity index (χ0n) is 12.5. The van der Waals surface area contributed by atoms with Crippen LogP contribution in [0.2, 0.25) is 0 Å². The molecule has 2 nitrogen and oxygen atoms in total. The number of ether oxygens (including phenoxy) is 1. The topological polar surface area (TPSA) is 26.3 Å². The SMILES string of the molecule is Cc1ccc(COc2c(C)cc(C=O)cc2C)cc1C. The first kappa shape index (κ1) is 14.3. The van der Waals surface area contributed by atoms with E-state index in [4.69, 9.17) is 4.74 Å². The van der Waals surface area contributed by atoms with E-state index in [2.05, 4.69) is 32.0 Å². The Morgan fingerprint density at radius 3 is 2.10 bits per heavy atom. The Hall–Kier alpha value is -2.09. The van der Waals surface area contributed by atoms with Gasteiger partial charge in [0.15, 0.2) is 0 Å². The molecular formula is C18H20O2. The Bertz CT molecular complexity index is 619. The van der Waals surface area contributed by atoms with Gasteiger partial charge in [-0.05, 0) is 67.6 Å². The van der Waals surface area contributed by atoms with Gasteiger partial charge < -0.3 is 4.74 Å². The summed E-state index contributed by atoms with van der Waals surface area (Å²) in [6.07, 6.45) is 0.868. The molecule has 2 aromatic carbocycles. The van der Waals surface area contributed by atoms with Gasteiger partial charge in [0.2, 0.25) is 0 Å². The minimum atomic E-state index is 0.545. The van der Waals surface area contributed by atoms with Crippen molar-refractivity contribution in [1.29, 1.82) is 0 Å². The van der Waals surface area contributed by atoms with E-state index < -0.39 is 0 Å². The van der Waals surface area contributed by atoms with Gasteiger partial charge in [-0.25, -0.2) is 0 Å². The molecular weight excluding hydrogens is 248 g/mol. The van der Waals surface area contributed by atoms with Crippen LogP contribution >= 0.6 is 0 Å². The van der Waals surface area contributed by atoms with E-state index in [1.54, 1.807) is 0 Å². The summed E-state index contributed by atoms with van der Waals surface area (Å²) in [4.78, 5) is 10.8. The van der Waals surface area contributed by atoms with E-state index in [1.165, 1.54) is 11.1 Å². The van der Waals surface area contributed by atoms with E-state index in [0.717, 1.165) is 28.7 Å². The summed E-state index contributed by atoms with van der Waals surface area (Å²) in [7, 11) is 0. The van der Waals surface area contributed by atoms with Gasteiger partial charge in [0.1, 0.15) is 18.6 Å². The summed E-state index contributed by atoms with van der Waals surface area (Å²) in [6.45, 7) is 8.69. The van der Waals surface area contributed by atoms with E-state index in [0.29, 0.717) is 12.2 Å². The van der Waals surface area contributed by atoms with Crippen molar-refractivity contribution in [2.75, 3.05) is 0 Å². The first-order chi connectivity index (χ1) is 9.51. The Labute approximate surface area is 120 Å². The highest BCUT2D eigenvalue weighted by Crippen LogP contribution is 2.25. The molecule has 0 bridgehead atoms. The maximum Gasteiger partial charge on any atom is 0.150 e. The molecule has 0 aromatic heterocycles. The molecule has 0 aliphatic carbocycles. The highest BCUT2D eigenvalue weighted by Gasteiger charge is 2.07. The third-order valence-corrected chi connectivity index (χ3v) is 3.57. The number of benzene rings is 2. The molecule has 0 fully saturated rings. The summed E-state index contributed by atoms with van der Waals surface area (Å²) in [5.74, 6) is 0.869. The Balaban J connectivity index is 2.18. The molecule has 0 N–H and O–H groups in total. The zero-order valence-corrected chi connectivity index (χ0v) is 12.5. The molecule has 104 valence electrons. The number of hydrogen-bond acceptors (Lipinski definition) is 2. The largest absolute Gasteiger partial charge is 0.488 e. The minimum Gasteiger partial charge on any atom is -0.488 e. The van der Waals surface area contributed by atoms with Crippen molar-refractivity contribution in [2.45, 2.75) is 34.3 Å². The molecule has 2 aromatic rings. The van der Waals surface area contributed by atoms with Crippen LogP contribution in [-0.2, 0) is 6.61 Å². The van der Waals surface area contributed by atoms with Crippen molar-refractivity contribution in [1.82, 2.24) is 0 Å². The van der Waals surface area contributed by atoms with Gasteiger partial charge in [0, 0.05) is 5.56 Å². The lowest BCUT2D eigenvalue weighted by molar-refractivity contribution is 0.112. The minimum absolute atomic E-state index is 0.545. The predicted octanol–water partition coefficient (Wildman–Crippen LogP) is 4.31. The van der Waals surface area contributed by atoms with Crippen molar-refractivity contribution in [2.24, 2.45) is 0 Å². The van der Waals surface area contributed by atoms with Crippen LogP contribution in [0.15, 0.2) is 30.3 Å². The molecule has 0 atom stereocenters. The van der Waals surface area contributed by atoms with E-state index in [9.17, 15) is 4.79 Å². The second-order valence-electron chi connectivity index (χ2n) is 5.31. The third kappa shape index (κ3) is 3.08. The van der Waals surface area contributed by atoms with Gasteiger partial charge in [-0.1, -0.05) is 18.2 Å². The molecule has 0 aliphatic heterocycles. The lowest BCUT2D eigenvalue weighted by Crippen LogP contribution is -2.00. The number of hydrogen-bond donors (Lipinski definition) is 0. The second kappa shape index (κ2) is 5.91. The molecule has 0 aliphatic rings. The van der Waals surface area contributed by atoms with Gasteiger partial charge in [-0.2, -0.15) is 0 Å². The standard InChI is InChI=1S/C18H20O2/c1-12-5-6-16(7-13(12)2)11-20-18-14(3)8-17(10-19)9-15(18)4/h5-10H,11H2,1-4H3. The summed E-state index contributed by atoms with van der Waals surface area (Å²) >= 11 is 0. The number of carbonyl (C=O) groups is 1. The van der Waals surface area contributed by atoms with Crippen molar-refractivity contribution < 1.29 is 9.53 Å². The smallest absolute Gasteiger partial charge is 0.150 e. The average Bonchev–Trinajstić information content (AvgIpc) is 2.41. The highest BCUT2D eigenvalue weighted by atomic mass is 16.5. The monoisotopic (exact) mass is 268 g/mol. The van der Waals surface area contributed by atoms with Crippen LogP contribution in [0.3, 0.4) is 0 Å². The lowest BCUT2D eigenvalue weighted by atomic mass is 10.1. The zero-order chi connectivity index (χ0) is 14.7. The number of rotatable bonds is 4. The molecule has 0 saturated carbocycles. The lowest BCUT2D eigenvalue weighted by Gasteiger charge is -2.13. The van der Waals surface area contributed by atoms with Gasteiger partial charge in [0.25, 0.3) is 0 Å². The third-order valence-electron chi connectivity index (χ3n) is 3.57. The fraction of sp³-hybridized carbons (Fsp3) is 0.278. The fourth-order valence-corrected chi connectivity index (χ4v) is 2.33. The molecule has 0 unspecified atom stereocenters. The van der Waals surface area contributed by atoms with E-state index in [-0.39, 0.29) is 0 Å². The van der Waals surface area contributed by atoms with Gasteiger partial charge >= 0.3 is 0 Å². The molecule has 2 heteroatoms. The van der Waals surface area contributed by atoms with Crippen molar-refractivity contribution in [3.8, 4) is 5.75 Å². The van der Waals surface area contributed by atoms with E-state index >= 15 is 0 Å². The average molecular weight is 268 g/mol. The van der Waals surface area contributed by atoms with Crippen LogP contribution in [-0.4, -0.2) is 6.29 Å². The summed E-state index contributed by atoms with van der Waals surface area (Å²) in [5, 5.41) is 0. The predicted molar refractivity (Wildman–Crippen MR) is 81.6 cm³/mol. The summed E-state index contributed by atoms with van der Waals surface area (Å²) in [6, 6.07) is 10.1. The number of aldehydes is 1. The van der Waals surface area contributed by atoms with Crippen molar-refractivity contribution >= 4 is 6.29 Å². The molecule has 0 heterocycles. The van der Waals surface area contributed by atoms with E-state index in [1.807, 2.05) is 26.0 Å². The quantitative estimate of drug-likeness (QED) is 0.772. The molecule has 0 saturated heterocycles. The number of carbonyl (C=O) groups excluding carboxylic acids is 1. The van der Waals surface area contributed by atoms with Gasteiger partial charge in [-0.15, -0.1) is 0 Å². The molecule has 0 amide bonds. The molecule has 20 heavy (non-hydrogen) atoms. The van der Waals surface area contributed by atoms with Crippen LogP contribution in [0.5, 0.6) is 5.75 Å². The van der Waals surface area contributed by atoms with Crippen LogP contribution in [0.25, 0.3) is 0 Å². The molecule has 2 rings (SSSR count). The maximum absolute atomic E-state index is 10.8. The van der Waals surface area contributed by atoms with Crippen molar-refractivity contribution in [3.05, 3.63) is 63.7 Å². The first-order valence-electron chi connectivity index (χ1n) is 6.76. The highest BCUT2D eigenvalue weighted by molar-refractivity contribution is 5.76. The summed E-state index contributed by atoms with van der Waals surface area (Å²) in [5.41, 5.74) is 6.41. The van der Waals surface area contributed by atoms with Gasteiger partial charge in [0.05, 0.1) is 0 Å². The second-order valence-corrected chi connectivity index (χ2v) is 5.31. The Morgan fingerprint density at radius 2 is 1.55 bits per heavy atom. The van der Waals surface area contributed by atoms with Crippen LogP contribution < -0.4 is 4.74 Å². The molecule has 0 radical (unpaired) electrons.